The fraction of sp³-hybridized carbons (Fsp3) is 0.429. The Morgan fingerprint density at radius 2 is 2.05 bits per heavy atom. The van der Waals surface area contributed by atoms with E-state index < -0.39 is 0 Å². The lowest BCUT2D eigenvalue weighted by Gasteiger charge is -2.12. The zero-order valence-electron chi connectivity index (χ0n) is 11.7. The van der Waals surface area contributed by atoms with Crippen LogP contribution in [-0.2, 0) is 19.8 Å². The van der Waals surface area contributed by atoms with Gasteiger partial charge in [-0.2, -0.15) is 5.10 Å². The van der Waals surface area contributed by atoms with Crippen molar-refractivity contribution >= 4 is 0 Å². The summed E-state index contributed by atoms with van der Waals surface area (Å²) in [5.74, 6) is 2.03. The second kappa shape index (κ2) is 6.91. The first-order valence-electron chi connectivity index (χ1n) is 6.64. The number of rotatable bonds is 7. The molecule has 6 heteroatoms. The van der Waals surface area contributed by atoms with Gasteiger partial charge >= 0.3 is 0 Å². The summed E-state index contributed by atoms with van der Waals surface area (Å²) in [6.45, 7) is 5.50. The van der Waals surface area contributed by atoms with Gasteiger partial charge in [-0.25, -0.2) is 9.67 Å². The van der Waals surface area contributed by atoms with E-state index in [1.807, 2.05) is 19.9 Å². The first-order chi connectivity index (χ1) is 9.78. The third-order valence-corrected chi connectivity index (χ3v) is 2.84. The summed E-state index contributed by atoms with van der Waals surface area (Å²) in [5.41, 5.74) is 0.789. The summed E-state index contributed by atoms with van der Waals surface area (Å²) in [6.07, 6.45) is 1.51. The highest BCUT2D eigenvalue weighted by molar-refractivity contribution is 5.42. The Morgan fingerprint density at radius 1 is 1.20 bits per heavy atom. The molecule has 0 aliphatic carbocycles. The summed E-state index contributed by atoms with van der Waals surface area (Å²) in [7, 11) is 0. The van der Waals surface area contributed by atoms with E-state index in [4.69, 9.17) is 14.6 Å². The Hall–Kier alpha value is -2.08. The third-order valence-electron chi connectivity index (χ3n) is 2.84. The van der Waals surface area contributed by atoms with Gasteiger partial charge in [-0.05, 0) is 31.5 Å². The highest BCUT2D eigenvalue weighted by Gasteiger charge is 2.09. The van der Waals surface area contributed by atoms with Crippen molar-refractivity contribution in [3.8, 4) is 11.5 Å². The molecular formula is C14H19N3O3. The lowest BCUT2D eigenvalue weighted by atomic mass is 10.2. The van der Waals surface area contributed by atoms with E-state index in [0.29, 0.717) is 24.7 Å². The molecule has 0 bridgehead atoms. The van der Waals surface area contributed by atoms with Crippen LogP contribution in [0.5, 0.6) is 11.5 Å². The summed E-state index contributed by atoms with van der Waals surface area (Å²) in [5, 5.41) is 13.2. The van der Waals surface area contributed by atoms with Gasteiger partial charge in [-0.3, -0.25) is 0 Å². The molecule has 2 aromatic rings. The topological polar surface area (TPSA) is 69.4 Å². The molecule has 0 spiro atoms. The second-order valence-electron chi connectivity index (χ2n) is 4.15. The van der Waals surface area contributed by atoms with Crippen molar-refractivity contribution in [2.75, 3.05) is 6.61 Å². The molecule has 0 saturated carbocycles. The zero-order valence-corrected chi connectivity index (χ0v) is 11.7. The molecule has 0 atom stereocenters. The van der Waals surface area contributed by atoms with Gasteiger partial charge < -0.3 is 14.6 Å². The second-order valence-corrected chi connectivity index (χ2v) is 4.15. The normalized spacial score (nSPS) is 10.6. The summed E-state index contributed by atoms with van der Waals surface area (Å²) >= 11 is 0. The smallest absolute Gasteiger partial charge is 0.164 e. The number of ether oxygens (including phenoxy) is 2. The summed E-state index contributed by atoms with van der Waals surface area (Å²) in [4.78, 5) is 4.16. The number of aliphatic hydroxyl groups is 1. The minimum Gasteiger partial charge on any atom is -0.490 e. The molecule has 0 aliphatic heterocycles. The average molecular weight is 277 g/mol. The molecule has 0 amide bonds. The molecule has 0 unspecified atom stereocenters. The molecule has 1 aromatic heterocycles. The van der Waals surface area contributed by atoms with Crippen LogP contribution in [0, 0.1) is 0 Å². The highest BCUT2D eigenvalue weighted by Crippen LogP contribution is 2.29. The minimum atomic E-state index is -0.0233. The SMILES string of the molecule is CCOc1cc(CO)ccc1OCc1ncnn1CC. The van der Waals surface area contributed by atoms with Crippen LogP contribution in [0.15, 0.2) is 24.5 Å². The maximum atomic E-state index is 9.15. The maximum Gasteiger partial charge on any atom is 0.164 e. The summed E-state index contributed by atoms with van der Waals surface area (Å²) < 4.78 is 13.1. The van der Waals surface area contributed by atoms with E-state index in [9.17, 15) is 0 Å². The molecule has 0 aliphatic rings. The Labute approximate surface area is 118 Å². The monoisotopic (exact) mass is 277 g/mol. The van der Waals surface area contributed by atoms with Crippen LogP contribution in [-0.4, -0.2) is 26.5 Å². The minimum absolute atomic E-state index is 0.0233. The Bertz CT molecular complexity index is 554. The molecule has 0 fully saturated rings. The maximum absolute atomic E-state index is 9.15. The summed E-state index contributed by atoms with van der Waals surface area (Å²) in [6, 6.07) is 5.38. The van der Waals surface area contributed by atoms with Crippen LogP contribution in [0.2, 0.25) is 0 Å². The predicted molar refractivity (Wildman–Crippen MR) is 73.6 cm³/mol. The van der Waals surface area contributed by atoms with Gasteiger partial charge in [0.1, 0.15) is 12.9 Å². The van der Waals surface area contributed by atoms with Gasteiger partial charge in [0.15, 0.2) is 17.3 Å². The van der Waals surface area contributed by atoms with Crippen molar-refractivity contribution in [1.29, 1.82) is 0 Å². The van der Waals surface area contributed by atoms with Crippen molar-refractivity contribution < 1.29 is 14.6 Å². The fourth-order valence-corrected chi connectivity index (χ4v) is 1.84. The number of benzene rings is 1. The van der Waals surface area contributed by atoms with Gasteiger partial charge in [0.05, 0.1) is 13.2 Å². The first kappa shape index (κ1) is 14.3. The third kappa shape index (κ3) is 3.27. The quantitative estimate of drug-likeness (QED) is 0.835. The van der Waals surface area contributed by atoms with Crippen LogP contribution in [0.25, 0.3) is 0 Å². The molecule has 0 saturated heterocycles. The molecule has 1 aromatic carbocycles. The number of hydrogen-bond acceptors (Lipinski definition) is 5. The lowest BCUT2D eigenvalue weighted by Crippen LogP contribution is -2.08. The van der Waals surface area contributed by atoms with Crippen LogP contribution < -0.4 is 9.47 Å². The van der Waals surface area contributed by atoms with E-state index in [1.165, 1.54) is 6.33 Å². The predicted octanol–water partition coefficient (Wildman–Crippen LogP) is 1.77. The standard InChI is InChI=1S/C14H19N3O3/c1-3-17-14(15-10-16-17)9-20-12-6-5-11(8-18)7-13(12)19-4-2/h5-7,10,18H,3-4,8-9H2,1-2H3. The zero-order chi connectivity index (χ0) is 14.4. The van der Waals surface area contributed by atoms with Crippen LogP contribution >= 0.6 is 0 Å². The number of nitrogens with zero attached hydrogens (tertiary/aromatic N) is 3. The van der Waals surface area contributed by atoms with Crippen molar-refractivity contribution in [1.82, 2.24) is 14.8 Å². The Kier molecular flexibility index (Phi) is 4.95. The van der Waals surface area contributed by atoms with Gasteiger partial charge in [0, 0.05) is 6.54 Å². The number of aliphatic hydroxyl groups excluding tert-OH is 1. The van der Waals surface area contributed by atoms with Gasteiger partial charge in [-0.1, -0.05) is 6.07 Å². The van der Waals surface area contributed by atoms with Gasteiger partial charge in [0.25, 0.3) is 0 Å². The van der Waals surface area contributed by atoms with E-state index in [1.54, 1.807) is 16.8 Å². The van der Waals surface area contributed by atoms with Crippen LogP contribution in [0.1, 0.15) is 25.2 Å². The van der Waals surface area contributed by atoms with Crippen molar-refractivity contribution in [3.05, 3.63) is 35.9 Å². The molecule has 0 radical (unpaired) electrons. The molecule has 6 nitrogen and oxygen atoms in total. The van der Waals surface area contributed by atoms with Crippen LogP contribution in [0.3, 0.4) is 0 Å². The lowest BCUT2D eigenvalue weighted by molar-refractivity contribution is 0.255. The molecule has 1 heterocycles. The van der Waals surface area contributed by atoms with E-state index in [0.717, 1.165) is 17.9 Å². The van der Waals surface area contributed by atoms with Gasteiger partial charge in [-0.15, -0.1) is 0 Å². The largest absolute Gasteiger partial charge is 0.490 e. The number of hydrogen-bond donors (Lipinski definition) is 1. The van der Waals surface area contributed by atoms with Crippen molar-refractivity contribution in [2.24, 2.45) is 0 Å². The number of aryl methyl sites for hydroxylation is 1. The van der Waals surface area contributed by atoms with E-state index >= 15 is 0 Å². The highest BCUT2D eigenvalue weighted by atomic mass is 16.5. The Morgan fingerprint density at radius 3 is 2.75 bits per heavy atom. The van der Waals surface area contributed by atoms with Gasteiger partial charge in [0.2, 0.25) is 0 Å². The average Bonchev–Trinajstić information content (AvgIpc) is 2.93. The van der Waals surface area contributed by atoms with Crippen molar-refractivity contribution in [2.45, 2.75) is 33.6 Å². The number of aromatic nitrogens is 3. The van der Waals surface area contributed by atoms with E-state index in [-0.39, 0.29) is 6.61 Å². The van der Waals surface area contributed by atoms with Crippen molar-refractivity contribution in [3.63, 3.8) is 0 Å². The molecule has 20 heavy (non-hydrogen) atoms. The fourth-order valence-electron chi connectivity index (χ4n) is 1.84. The van der Waals surface area contributed by atoms with Crippen LogP contribution in [0.4, 0.5) is 0 Å². The first-order valence-corrected chi connectivity index (χ1v) is 6.64. The molecule has 108 valence electrons. The van der Waals surface area contributed by atoms with E-state index in [2.05, 4.69) is 10.1 Å². The molecule has 1 N–H and O–H groups in total. The Balaban J connectivity index is 2.12. The molecule has 2 rings (SSSR count). The molecular weight excluding hydrogens is 258 g/mol.